The number of rotatable bonds is 5. The quantitative estimate of drug-likeness (QED) is 0.438. The summed E-state index contributed by atoms with van der Waals surface area (Å²) in [4.78, 5) is 32.9. The van der Waals surface area contributed by atoms with Crippen molar-refractivity contribution in [3.05, 3.63) is 87.1 Å². The highest BCUT2D eigenvalue weighted by molar-refractivity contribution is 7.22. The molecule has 0 saturated heterocycles. The number of methoxy groups -OCH3 is 1. The highest BCUT2D eigenvalue weighted by atomic mass is 32.1. The minimum atomic E-state index is -0.712. The highest BCUT2D eigenvalue weighted by Crippen LogP contribution is 2.31. The molecule has 0 fully saturated rings. The van der Waals surface area contributed by atoms with Crippen molar-refractivity contribution in [3.8, 4) is 27.6 Å². The minimum absolute atomic E-state index is 0.0516. The van der Waals surface area contributed by atoms with Crippen LogP contribution in [0.5, 0.6) is 5.75 Å². The van der Waals surface area contributed by atoms with Crippen LogP contribution in [0, 0.1) is 5.82 Å². The van der Waals surface area contributed by atoms with Crippen LogP contribution in [-0.2, 0) is 6.54 Å². The summed E-state index contributed by atoms with van der Waals surface area (Å²) in [6.07, 6.45) is 0. The van der Waals surface area contributed by atoms with Crippen molar-refractivity contribution in [2.75, 3.05) is 7.11 Å². The average Bonchev–Trinajstić information content (AvgIpc) is 3.38. The predicted molar refractivity (Wildman–Crippen MR) is 117 cm³/mol. The van der Waals surface area contributed by atoms with Gasteiger partial charge in [0.25, 0.3) is 5.56 Å². The number of H-pyrrole nitrogens is 1. The summed E-state index contributed by atoms with van der Waals surface area (Å²) in [6.45, 7) is -0.0809. The Balaban J connectivity index is 1.47. The zero-order chi connectivity index (χ0) is 22.2. The first kappa shape index (κ1) is 19.9. The van der Waals surface area contributed by atoms with E-state index in [4.69, 9.17) is 9.15 Å². The zero-order valence-corrected chi connectivity index (χ0v) is 17.5. The molecule has 0 spiro atoms. The molecule has 0 saturated carbocycles. The molecule has 0 radical (unpaired) electrons. The summed E-state index contributed by atoms with van der Waals surface area (Å²) in [5.41, 5.74) is 1.62. The molecule has 2 aromatic carbocycles. The van der Waals surface area contributed by atoms with Gasteiger partial charge in [0.05, 0.1) is 12.6 Å². The van der Waals surface area contributed by atoms with Crippen LogP contribution in [0.4, 0.5) is 4.39 Å². The Hall–Kier alpha value is -4.05. The Bertz CT molecular complexity index is 1530. The van der Waals surface area contributed by atoms with E-state index in [9.17, 15) is 14.0 Å². The molecule has 5 rings (SSSR count). The molecule has 1 N–H and O–H groups in total. The van der Waals surface area contributed by atoms with Crippen LogP contribution >= 0.6 is 11.3 Å². The molecule has 3 aromatic heterocycles. The van der Waals surface area contributed by atoms with Crippen LogP contribution in [-0.4, -0.2) is 26.9 Å². The third-order valence-electron chi connectivity index (χ3n) is 4.80. The van der Waals surface area contributed by atoms with Gasteiger partial charge >= 0.3 is 5.76 Å². The Kier molecular flexibility index (Phi) is 4.91. The topological polar surface area (TPSA) is 103 Å². The van der Waals surface area contributed by atoms with E-state index in [1.807, 2.05) is 30.3 Å². The first-order chi connectivity index (χ1) is 15.5. The van der Waals surface area contributed by atoms with E-state index in [-0.39, 0.29) is 23.8 Å². The van der Waals surface area contributed by atoms with Gasteiger partial charge < -0.3 is 14.1 Å². The van der Waals surface area contributed by atoms with Gasteiger partial charge in [-0.15, -0.1) is 16.4 Å². The first-order valence-corrected chi connectivity index (χ1v) is 10.3. The van der Waals surface area contributed by atoms with Gasteiger partial charge in [-0.3, -0.25) is 4.79 Å². The Morgan fingerprint density at radius 2 is 1.81 bits per heavy atom. The number of nitrogens with one attached hydrogen (secondary N) is 1. The molecule has 0 unspecified atom stereocenters. The number of nitrogens with zero attached hydrogens (tertiary/aromatic N) is 3. The lowest BCUT2D eigenvalue weighted by Crippen LogP contribution is -2.20. The molecule has 0 aliphatic heterocycles. The lowest BCUT2D eigenvalue weighted by atomic mass is 10.2. The van der Waals surface area contributed by atoms with Crippen molar-refractivity contribution in [2.45, 2.75) is 6.54 Å². The van der Waals surface area contributed by atoms with E-state index in [1.165, 1.54) is 35.6 Å². The molecule has 160 valence electrons. The van der Waals surface area contributed by atoms with E-state index < -0.39 is 11.6 Å². The summed E-state index contributed by atoms with van der Waals surface area (Å²) >= 11 is 1.33. The standard InChI is InChI=1S/C22H15FN4O4S/c1-30-15-8-4-12(5-9-15)17-10-16-19(32-17)20(28)25-18(24-16)11-27-22(29)31-21(26-27)13-2-6-14(23)7-3-13/h2-10H,11H2,1H3,(H,24,25,28). The van der Waals surface area contributed by atoms with Crippen molar-refractivity contribution in [2.24, 2.45) is 0 Å². The predicted octanol–water partition coefficient (Wildman–Crippen LogP) is 3.66. The highest BCUT2D eigenvalue weighted by Gasteiger charge is 2.14. The van der Waals surface area contributed by atoms with Crippen LogP contribution < -0.4 is 16.1 Å². The second-order valence-corrected chi connectivity index (χ2v) is 7.96. The van der Waals surface area contributed by atoms with Crippen molar-refractivity contribution >= 4 is 21.6 Å². The van der Waals surface area contributed by atoms with Crippen molar-refractivity contribution in [3.63, 3.8) is 0 Å². The fourth-order valence-corrected chi connectivity index (χ4v) is 4.22. The smallest absolute Gasteiger partial charge is 0.437 e. The van der Waals surface area contributed by atoms with Gasteiger partial charge in [0, 0.05) is 10.4 Å². The van der Waals surface area contributed by atoms with Gasteiger partial charge in [0.1, 0.15) is 28.6 Å². The van der Waals surface area contributed by atoms with Gasteiger partial charge in [-0.1, -0.05) is 0 Å². The summed E-state index contributed by atoms with van der Waals surface area (Å²) in [5, 5.41) is 4.13. The van der Waals surface area contributed by atoms with Crippen LogP contribution in [0.15, 0.2) is 68.6 Å². The van der Waals surface area contributed by atoms with Crippen molar-refractivity contribution < 1.29 is 13.5 Å². The maximum atomic E-state index is 13.1. The number of benzene rings is 2. The van der Waals surface area contributed by atoms with Crippen LogP contribution in [0.3, 0.4) is 0 Å². The monoisotopic (exact) mass is 450 g/mol. The molecule has 32 heavy (non-hydrogen) atoms. The number of aromatic nitrogens is 4. The minimum Gasteiger partial charge on any atom is -0.497 e. The summed E-state index contributed by atoms with van der Waals surface area (Å²) in [6, 6.07) is 14.8. The van der Waals surface area contributed by atoms with E-state index in [2.05, 4.69) is 15.1 Å². The normalized spacial score (nSPS) is 11.2. The second kappa shape index (κ2) is 7.89. The molecule has 0 aliphatic rings. The molecule has 5 aromatic rings. The third-order valence-corrected chi connectivity index (χ3v) is 5.98. The molecular weight excluding hydrogens is 435 g/mol. The SMILES string of the molecule is COc1ccc(-c2cc3nc(Cn4nc(-c5ccc(F)cc5)oc4=O)[nH]c(=O)c3s2)cc1. The van der Waals surface area contributed by atoms with Crippen LogP contribution in [0.25, 0.3) is 32.1 Å². The molecular formula is C22H15FN4O4S. The number of fused-ring (bicyclic) bond motifs is 1. The second-order valence-electron chi connectivity index (χ2n) is 6.90. The number of halogens is 1. The number of aromatic amines is 1. The van der Waals surface area contributed by atoms with Gasteiger partial charge in [-0.25, -0.2) is 14.2 Å². The van der Waals surface area contributed by atoms with Gasteiger partial charge in [-0.05, 0) is 60.2 Å². The van der Waals surface area contributed by atoms with Crippen molar-refractivity contribution in [1.29, 1.82) is 0 Å². The third kappa shape index (κ3) is 3.71. The molecule has 3 heterocycles. The molecule has 10 heteroatoms. The maximum Gasteiger partial charge on any atom is 0.437 e. The van der Waals surface area contributed by atoms with Crippen LogP contribution in [0.2, 0.25) is 0 Å². The van der Waals surface area contributed by atoms with Gasteiger partial charge in [0.2, 0.25) is 5.89 Å². The van der Waals surface area contributed by atoms with Gasteiger partial charge in [-0.2, -0.15) is 4.68 Å². The lowest BCUT2D eigenvalue weighted by molar-refractivity contribution is 0.415. The van der Waals surface area contributed by atoms with E-state index in [1.54, 1.807) is 7.11 Å². The fraction of sp³-hybridized carbons (Fsp3) is 0.0909. The number of hydrogen-bond donors (Lipinski definition) is 1. The Morgan fingerprint density at radius 3 is 2.53 bits per heavy atom. The van der Waals surface area contributed by atoms with E-state index >= 15 is 0 Å². The summed E-state index contributed by atoms with van der Waals surface area (Å²) in [7, 11) is 1.60. The Labute approximate surface area is 183 Å². The zero-order valence-electron chi connectivity index (χ0n) is 16.7. The molecule has 0 atom stereocenters. The number of thiophene rings is 1. The summed E-state index contributed by atoms with van der Waals surface area (Å²) < 4.78 is 25.0. The number of ether oxygens (including phenoxy) is 1. The van der Waals surface area contributed by atoms with E-state index in [0.29, 0.717) is 15.8 Å². The van der Waals surface area contributed by atoms with Crippen molar-refractivity contribution in [1.82, 2.24) is 19.7 Å². The molecule has 0 amide bonds. The first-order valence-electron chi connectivity index (χ1n) is 9.51. The number of hydrogen-bond acceptors (Lipinski definition) is 7. The average molecular weight is 450 g/mol. The molecule has 0 aliphatic carbocycles. The molecule has 8 nitrogen and oxygen atoms in total. The lowest BCUT2D eigenvalue weighted by Gasteiger charge is -2.00. The summed E-state index contributed by atoms with van der Waals surface area (Å²) in [5.74, 6) is -0.0590. The fourth-order valence-electron chi connectivity index (χ4n) is 3.22. The largest absolute Gasteiger partial charge is 0.497 e. The molecule has 0 bridgehead atoms. The van der Waals surface area contributed by atoms with Gasteiger partial charge in [0.15, 0.2) is 0 Å². The van der Waals surface area contributed by atoms with Crippen LogP contribution in [0.1, 0.15) is 5.82 Å². The van der Waals surface area contributed by atoms with E-state index in [0.717, 1.165) is 20.9 Å². The Morgan fingerprint density at radius 1 is 1.09 bits per heavy atom. The maximum absolute atomic E-state index is 13.1.